The van der Waals surface area contributed by atoms with E-state index in [2.05, 4.69) is 21.4 Å². The number of para-hydroxylation sites is 1. The number of rotatable bonds is 17. The Hall–Kier alpha value is -4.14. The van der Waals surface area contributed by atoms with Gasteiger partial charge in [0.2, 0.25) is 5.88 Å². The molecule has 0 spiro atoms. The fourth-order valence-electron chi connectivity index (χ4n) is 5.62. The van der Waals surface area contributed by atoms with Crippen molar-refractivity contribution >= 4 is 17.5 Å². The maximum Gasteiger partial charge on any atom is 0.253 e. The van der Waals surface area contributed by atoms with Crippen LogP contribution < -0.4 is 14.8 Å². The first kappa shape index (κ1) is 35.7. The van der Waals surface area contributed by atoms with Gasteiger partial charge >= 0.3 is 0 Å². The van der Waals surface area contributed by atoms with E-state index in [0.29, 0.717) is 5.02 Å². The molecule has 6 rings (SSSR count). The van der Waals surface area contributed by atoms with E-state index in [4.69, 9.17) is 30.9 Å². The third-order valence-corrected chi connectivity index (χ3v) is 9.24. The summed E-state index contributed by atoms with van der Waals surface area (Å²) >= 11 is 6.60. The van der Waals surface area contributed by atoms with Crippen LogP contribution in [0.4, 0.5) is 0 Å². The highest BCUT2D eigenvalue weighted by Gasteiger charge is 2.48. The summed E-state index contributed by atoms with van der Waals surface area (Å²) in [6.45, 7) is -1.08. The second-order valence-electron chi connectivity index (χ2n) is 12.6. The average Bonchev–Trinajstić information content (AvgIpc) is 4.10. The first-order valence-corrected chi connectivity index (χ1v) is 16.9. The predicted molar refractivity (Wildman–Crippen MR) is 182 cm³/mol. The molecule has 12 nitrogen and oxygen atoms in total. The van der Waals surface area contributed by atoms with Crippen molar-refractivity contribution in [2.24, 2.45) is 0 Å². The lowest BCUT2D eigenvalue weighted by Gasteiger charge is -2.28. The summed E-state index contributed by atoms with van der Waals surface area (Å²) in [5, 5.41) is 51.2. The Morgan fingerprint density at radius 3 is 2.44 bits per heavy atom. The number of amides is 1. The van der Waals surface area contributed by atoms with Crippen molar-refractivity contribution in [3.8, 4) is 22.8 Å². The average molecular weight is 706 g/mol. The number of benzene rings is 2. The topological polar surface area (TPSA) is 184 Å². The van der Waals surface area contributed by atoms with Gasteiger partial charge in [0.05, 0.1) is 43.1 Å². The molecule has 0 radical (unpaired) electrons. The Labute approximate surface area is 294 Å². The SMILES string of the molecule is O=C(N[C@@H](CO)[C@@H](O)[C@H](O)[C@H](O)CO)c1ccc(OCc2ccc(Cl)c(COC3(c4cnccc4-c4ccccc4OC4CC4)CC3)c2)nc1. The minimum Gasteiger partial charge on any atom is -0.490 e. The van der Waals surface area contributed by atoms with E-state index in [-0.39, 0.29) is 30.8 Å². The molecule has 0 aliphatic heterocycles. The summed E-state index contributed by atoms with van der Waals surface area (Å²) in [5.74, 6) is 0.434. The zero-order valence-corrected chi connectivity index (χ0v) is 27.9. The molecule has 2 saturated carbocycles. The first-order valence-electron chi connectivity index (χ1n) is 16.5. The van der Waals surface area contributed by atoms with E-state index in [9.17, 15) is 25.2 Å². The number of carbonyl (C=O) groups excluding carboxylic acids is 1. The van der Waals surface area contributed by atoms with E-state index in [1.54, 1.807) is 12.3 Å². The van der Waals surface area contributed by atoms with Crippen LogP contribution >= 0.6 is 11.6 Å². The number of halogens is 1. The minimum atomic E-state index is -1.78. The molecule has 2 fully saturated rings. The van der Waals surface area contributed by atoms with Crippen molar-refractivity contribution in [3.63, 3.8) is 0 Å². The van der Waals surface area contributed by atoms with Crippen molar-refractivity contribution in [2.45, 2.75) is 75.0 Å². The molecular formula is C37H40ClN3O9. The van der Waals surface area contributed by atoms with Crippen LogP contribution in [0.25, 0.3) is 11.1 Å². The normalized spacial score (nSPS) is 17.3. The summed E-state index contributed by atoms with van der Waals surface area (Å²) < 4.78 is 18.7. The molecule has 2 aromatic heterocycles. The minimum absolute atomic E-state index is 0.107. The maximum absolute atomic E-state index is 12.7. The summed E-state index contributed by atoms with van der Waals surface area (Å²) in [7, 11) is 0. The van der Waals surface area contributed by atoms with Gasteiger partial charge in [0.1, 0.15) is 30.7 Å². The highest BCUT2D eigenvalue weighted by atomic mass is 35.5. The Kier molecular flexibility index (Phi) is 11.3. The van der Waals surface area contributed by atoms with Crippen molar-refractivity contribution in [2.75, 3.05) is 13.2 Å². The maximum atomic E-state index is 12.7. The Morgan fingerprint density at radius 2 is 1.74 bits per heavy atom. The molecule has 2 aromatic carbocycles. The smallest absolute Gasteiger partial charge is 0.253 e. The highest BCUT2D eigenvalue weighted by Crippen LogP contribution is 2.53. The van der Waals surface area contributed by atoms with E-state index in [0.717, 1.165) is 59.3 Å². The van der Waals surface area contributed by atoms with Gasteiger partial charge in [-0.05, 0) is 72.7 Å². The lowest BCUT2D eigenvalue weighted by Crippen LogP contribution is -2.54. The van der Waals surface area contributed by atoms with Crippen molar-refractivity contribution in [3.05, 3.63) is 107 Å². The Bertz CT molecular complexity index is 1770. The van der Waals surface area contributed by atoms with Gasteiger partial charge in [0, 0.05) is 40.8 Å². The number of nitrogens with zero attached hydrogens (tertiary/aromatic N) is 2. The van der Waals surface area contributed by atoms with Crippen LogP contribution in [-0.4, -0.2) is 85.1 Å². The van der Waals surface area contributed by atoms with Crippen LogP contribution in [-0.2, 0) is 23.6 Å². The Balaban J connectivity index is 1.07. The van der Waals surface area contributed by atoms with Gasteiger partial charge in [-0.2, -0.15) is 0 Å². The molecule has 4 atom stereocenters. The van der Waals surface area contributed by atoms with Gasteiger partial charge in [-0.1, -0.05) is 35.9 Å². The first-order chi connectivity index (χ1) is 24.2. The van der Waals surface area contributed by atoms with Crippen molar-refractivity contribution in [1.29, 1.82) is 0 Å². The molecule has 2 heterocycles. The van der Waals surface area contributed by atoms with E-state index in [1.165, 1.54) is 18.3 Å². The molecular weight excluding hydrogens is 666 g/mol. The summed E-state index contributed by atoms with van der Waals surface area (Å²) in [5.41, 5.74) is 4.34. The zero-order valence-electron chi connectivity index (χ0n) is 27.2. The van der Waals surface area contributed by atoms with Crippen molar-refractivity contribution < 1.29 is 44.5 Å². The standard InChI is InChI=1S/C37H40ClN3O9/c38-29-9-5-22(20-48-33-10-6-23(16-40-33)36(47)41-30(18-42)34(45)35(46)31(44)19-43)15-24(29)21-49-37(12-13-37)28-17-39-14-11-26(28)27-3-1-2-4-32(27)50-25-7-8-25/h1-6,9-11,14-17,25,30-31,34-35,42-46H,7-8,12-13,18-21H2,(H,41,47)/t30-,31+,34+,35+/m0/s1. The second-order valence-corrected chi connectivity index (χ2v) is 13.0. The fourth-order valence-corrected chi connectivity index (χ4v) is 5.79. The van der Waals surface area contributed by atoms with E-state index in [1.807, 2.05) is 42.6 Å². The van der Waals surface area contributed by atoms with Crippen LogP contribution in [0.5, 0.6) is 11.6 Å². The number of carbonyl (C=O) groups is 1. The van der Waals surface area contributed by atoms with Crippen LogP contribution in [0.3, 0.4) is 0 Å². The molecule has 2 aliphatic carbocycles. The number of aliphatic hydroxyl groups is 5. The molecule has 264 valence electrons. The van der Waals surface area contributed by atoms with Crippen molar-refractivity contribution in [1.82, 2.24) is 15.3 Å². The monoisotopic (exact) mass is 705 g/mol. The number of pyridine rings is 2. The lowest BCUT2D eigenvalue weighted by molar-refractivity contribution is -0.0904. The molecule has 13 heteroatoms. The Morgan fingerprint density at radius 1 is 0.940 bits per heavy atom. The third kappa shape index (κ3) is 8.41. The number of ether oxygens (including phenoxy) is 3. The molecule has 0 bridgehead atoms. The van der Waals surface area contributed by atoms with E-state index >= 15 is 0 Å². The molecule has 6 N–H and O–H groups in total. The number of nitrogens with one attached hydrogen (secondary N) is 1. The number of hydrogen-bond donors (Lipinski definition) is 6. The third-order valence-electron chi connectivity index (χ3n) is 8.87. The van der Waals surface area contributed by atoms with E-state index < -0.39 is 49.1 Å². The van der Waals surface area contributed by atoms with Crippen LogP contribution in [0.1, 0.15) is 52.7 Å². The van der Waals surface area contributed by atoms with Gasteiger partial charge in [-0.25, -0.2) is 4.98 Å². The number of hydrogen-bond acceptors (Lipinski definition) is 11. The predicted octanol–water partition coefficient (Wildman–Crippen LogP) is 3.29. The lowest BCUT2D eigenvalue weighted by atomic mass is 9.96. The van der Waals surface area contributed by atoms with Gasteiger partial charge in [0.15, 0.2) is 0 Å². The fraction of sp³-hybridized carbons (Fsp3) is 0.378. The highest BCUT2D eigenvalue weighted by molar-refractivity contribution is 6.31. The largest absolute Gasteiger partial charge is 0.490 e. The summed E-state index contributed by atoms with van der Waals surface area (Å²) in [6, 6.07) is 17.3. The van der Waals surface area contributed by atoms with Gasteiger partial charge in [-0.15, -0.1) is 0 Å². The molecule has 0 unspecified atom stereocenters. The molecule has 2 aliphatic rings. The molecule has 0 saturated heterocycles. The van der Waals surface area contributed by atoms with Gasteiger partial charge in [0.25, 0.3) is 5.91 Å². The van der Waals surface area contributed by atoms with Crippen LogP contribution in [0.15, 0.2) is 79.3 Å². The summed E-state index contributed by atoms with van der Waals surface area (Å²) in [6.07, 6.45) is 3.92. The molecule has 1 amide bonds. The van der Waals surface area contributed by atoms with Crippen LogP contribution in [0, 0.1) is 0 Å². The van der Waals surface area contributed by atoms with Crippen LogP contribution in [0.2, 0.25) is 5.02 Å². The van der Waals surface area contributed by atoms with Gasteiger partial charge in [-0.3, -0.25) is 9.78 Å². The number of aromatic nitrogens is 2. The zero-order chi connectivity index (χ0) is 35.3. The quantitative estimate of drug-likeness (QED) is 0.0948. The molecule has 50 heavy (non-hydrogen) atoms. The number of aliphatic hydroxyl groups excluding tert-OH is 5. The van der Waals surface area contributed by atoms with Gasteiger partial charge < -0.3 is 45.1 Å². The second kappa shape index (κ2) is 15.8. The molecule has 4 aromatic rings. The summed E-state index contributed by atoms with van der Waals surface area (Å²) in [4.78, 5) is 21.3.